The third kappa shape index (κ3) is 1.54. The Labute approximate surface area is 90.3 Å². The van der Waals surface area contributed by atoms with Gasteiger partial charge in [0.15, 0.2) is 4.77 Å². The van der Waals surface area contributed by atoms with E-state index in [2.05, 4.69) is 36.5 Å². The van der Waals surface area contributed by atoms with E-state index in [-0.39, 0.29) is 0 Å². The molecule has 1 aromatic rings. The highest BCUT2D eigenvalue weighted by Gasteiger charge is 2.38. The van der Waals surface area contributed by atoms with Crippen molar-refractivity contribution < 1.29 is 0 Å². The molecule has 0 bridgehead atoms. The topological polar surface area (TPSA) is 20.7 Å². The molecule has 1 saturated carbocycles. The van der Waals surface area contributed by atoms with Crippen LogP contribution in [0.4, 0.5) is 0 Å². The molecule has 0 amide bonds. The fourth-order valence-corrected chi connectivity index (χ4v) is 2.47. The summed E-state index contributed by atoms with van der Waals surface area (Å²) in [5, 5.41) is 0. The second kappa shape index (κ2) is 3.54. The van der Waals surface area contributed by atoms with Crippen LogP contribution in [0.15, 0.2) is 6.20 Å². The minimum absolute atomic E-state index is 0.557. The van der Waals surface area contributed by atoms with Gasteiger partial charge in [-0.25, -0.2) is 0 Å². The minimum Gasteiger partial charge on any atom is -0.337 e. The van der Waals surface area contributed by atoms with E-state index in [0.29, 0.717) is 12.0 Å². The highest BCUT2D eigenvalue weighted by molar-refractivity contribution is 7.71. The Kier molecular flexibility index (Phi) is 2.52. The Morgan fingerprint density at radius 1 is 1.64 bits per heavy atom. The van der Waals surface area contributed by atoms with Crippen molar-refractivity contribution in [3.05, 3.63) is 16.7 Å². The summed E-state index contributed by atoms with van der Waals surface area (Å²) in [6.45, 7) is 6.70. The zero-order valence-electron chi connectivity index (χ0n) is 9.08. The van der Waals surface area contributed by atoms with Crippen molar-refractivity contribution in [1.29, 1.82) is 0 Å². The summed E-state index contributed by atoms with van der Waals surface area (Å²) >= 11 is 5.32. The monoisotopic (exact) mass is 210 g/mol. The van der Waals surface area contributed by atoms with Crippen LogP contribution >= 0.6 is 12.2 Å². The van der Waals surface area contributed by atoms with E-state index in [1.54, 1.807) is 0 Å². The maximum atomic E-state index is 5.32. The molecule has 2 rings (SSSR count). The summed E-state index contributed by atoms with van der Waals surface area (Å²) < 4.78 is 3.23. The van der Waals surface area contributed by atoms with E-state index in [0.717, 1.165) is 10.7 Å². The smallest absolute Gasteiger partial charge is 0.177 e. The minimum atomic E-state index is 0.557. The second-order valence-corrected chi connectivity index (χ2v) is 4.90. The molecule has 1 aromatic heterocycles. The summed E-state index contributed by atoms with van der Waals surface area (Å²) in [5.74, 6) is 1.41. The fourth-order valence-electron chi connectivity index (χ4n) is 2.17. The highest BCUT2D eigenvalue weighted by atomic mass is 32.1. The standard InChI is InChI=1S/C11H18N2S/c1-4-8-5-9(8)13-10(7(2)3)6-12-11(13)14/h6-9H,4-5H2,1-3H3,(H,12,14). The van der Waals surface area contributed by atoms with E-state index in [9.17, 15) is 0 Å². The molecule has 1 aliphatic carbocycles. The number of H-pyrrole nitrogens is 1. The van der Waals surface area contributed by atoms with Crippen molar-refractivity contribution >= 4 is 12.2 Å². The largest absolute Gasteiger partial charge is 0.337 e. The van der Waals surface area contributed by atoms with Crippen LogP contribution in [0.3, 0.4) is 0 Å². The van der Waals surface area contributed by atoms with Gasteiger partial charge in [0.2, 0.25) is 0 Å². The molecule has 78 valence electrons. The first-order chi connectivity index (χ1) is 6.65. The number of rotatable bonds is 3. The predicted octanol–water partition coefficient (Wildman–Crippen LogP) is 3.64. The van der Waals surface area contributed by atoms with E-state index >= 15 is 0 Å². The lowest BCUT2D eigenvalue weighted by Crippen LogP contribution is -2.03. The number of aromatic nitrogens is 2. The van der Waals surface area contributed by atoms with Crippen molar-refractivity contribution in [2.24, 2.45) is 5.92 Å². The lowest BCUT2D eigenvalue weighted by Gasteiger charge is -2.10. The summed E-state index contributed by atoms with van der Waals surface area (Å²) in [7, 11) is 0. The van der Waals surface area contributed by atoms with Crippen LogP contribution in [-0.2, 0) is 0 Å². The van der Waals surface area contributed by atoms with Crippen LogP contribution < -0.4 is 0 Å². The Balaban J connectivity index is 2.32. The van der Waals surface area contributed by atoms with Gasteiger partial charge in [-0.1, -0.05) is 27.2 Å². The number of nitrogens with zero attached hydrogens (tertiary/aromatic N) is 1. The van der Waals surface area contributed by atoms with Gasteiger partial charge in [-0.3, -0.25) is 0 Å². The molecule has 2 nitrogen and oxygen atoms in total. The number of imidazole rings is 1. The zero-order chi connectivity index (χ0) is 10.3. The molecule has 1 aliphatic rings. The molecule has 1 heterocycles. The lowest BCUT2D eigenvalue weighted by molar-refractivity contribution is 0.593. The average Bonchev–Trinajstić information content (AvgIpc) is 2.81. The van der Waals surface area contributed by atoms with Crippen molar-refractivity contribution in [2.75, 3.05) is 0 Å². The zero-order valence-corrected chi connectivity index (χ0v) is 9.90. The van der Waals surface area contributed by atoms with Crippen LogP contribution in [0, 0.1) is 10.7 Å². The van der Waals surface area contributed by atoms with E-state index in [4.69, 9.17) is 12.2 Å². The molecule has 14 heavy (non-hydrogen) atoms. The van der Waals surface area contributed by atoms with E-state index < -0.39 is 0 Å². The first-order valence-corrected chi connectivity index (χ1v) is 5.85. The van der Waals surface area contributed by atoms with Crippen molar-refractivity contribution in [3.63, 3.8) is 0 Å². The Morgan fingerprint density at radius 3 is 2.86 bits per heavy atom. The van der Waals surface area contributed by atoms with Gasteiger partial charge in [0.1, 0.15) is 0 Å². The third-order valence-corrected chi connectivity index (χ3v) is 3.49. The molecular formula is C11H18N2S. The molecule has 1 fully saturated rings. The SMILES string of the molecule is CCC1CC1n1c(C(C)C)c[nH]c1=S. The molecule has 3 heteroatoms. The second-order valence-electron chi connectivity index (χ2n) is 4.51. The maximum Gasteiger partial charge on any atom is 0.177 e. The van der Waals surface area contributed by atoms with Crippen molar-refractivity contribution in [3.8, 4) is 0 Å². The molecule has 0 spiro atoms. The van der Waals surface area contributed by atoms with Gasteiger partial charge in [0.25, 0.3) is 0 Å². The Hall–Kier alpha value is -0.570. The van der Waals surface area contributed by atoms with Crippen molar-refractivity contribution in [1.82, 2.24) is 9.55 Å². The molecular weight excluding hydrogens is 192 g/mol. The summed E-state index contributed by atoms with van der Waals surface area (Å²) in [6.07, 6.45) is 4.65. The number of hydrogen-bond acceptors (Lipinski definition) is 1. The first kappa shape index (κ1) is 9.97. The van der Waals surface area contributed by atoms with E-state index in [1.807, 2.05) is 0 Å². The van der Waals surface area contributed by atoms with Crippen LogP contribution in [0.2, 0.25) is 0 Å². The first-order valence-electron chi connectivity index (χ1n) is 5.45. The molecule has 2 unspecified atom stereocenters. The molecule has 0 radical (unpaired) electrons. The predicted molar refractivity (Wildman–Crippen MR) is 61.1 cm³/mol. The molecule has 0 aliphatic heterocycles. The van der Waals surface area contributed by atoms with Crippen LogP contribution in [0.1, 0.15) is 51.3 Å². The van der Waals surface area contributed by atoms with Crippen LogP contribution in [0.25, 0.3) is 0 Å². The summed E-state index contributed by atoms with van der Waals surface area (Å²) in [5.41, 5.74) is 1.36. The lowest BCUT2D eigenvalue weighted by atomic mass is 10.1. The quantitative estimate of drug-likeness (QED) is 0.755. The summed E-state index contributed by atoms with van der Waals surface area (Å²) in [4.78, 5) is 3.16. The Bertz CT molecular complexity index is 375. The van der Waals surface area contributed by atoms with Gasteiger partial charge in [0, 0.05) is 17.9 Å². The molecule has 0 saturated heterocycles. The van der Waals surface area contributed by atoms with Gasteiger partial charge in [-0.2, -0.15) is 0 Å². The average molecular weight is 210 g/mol. The maximum absolute atomic E-state index is 5.32. The van der Waals surface area contributed by atoms with Crippen LogP contribution in [0.5, 0.6) is 0 Å². The third-order valence-electron chi connectivity index (χ3n) is 3.17. The van der Waals surface area contributed by atoms with Gasteiger partial charge in [-0.05, 0) is 30.5 Å². The normalized spacial score (nSPS) is 25.7. The number of hydrogen-bond donors (Lipinski definition) is 1. The van der Waals surface area contributed by atoms with Crippen molar-refractivity contribution in [2.45, 2.75) is 45.6 Å². The van der Waals surface area contributed by atoms with Gasteiger partial charge < -0.3 is 9.55 Å². The fraction of sp³-hybridized carbons (Fsp3) is 0.727. The van der Waals surface area contributed by atoms with E-state index in [1.165, 1.54) is 18.5 Å². The molecule has 2 atom stereocenters. The Morgan fingerprint density at radius 2 is 2.36 bits per heavy atom. The van der Waals surface area contributed by atoms with Crippen LogP contribution in [-0.4, -0.2) is 9.55 Å². The van der Waals surface area contributed by atoms with Gasteiger partial charge in [-0.15, -0.1) is 0 Å². The number of nitrogens with one attached hydrogen (secondary N) is 1. The molecule has 1 N–H and O–H groups in total. The molecule has 0 aromatic carbocycles. The van der Waals surface area contributed by atoms with Gasteiger partial charge >= 0.3 is 0 Å². The van der Waals surface area contributed by atoms with Gasteiger partial charge in [0.05, 0.1) is 0 Å². The summed E-state index contributed by atoms with van der Waals surface area (Å²) in [6, 6.07) is 0.677. The highest BCUT2D eigenvalue weighted by Crippen LogP contribution is 2.46. The number of aromatic amines is 1.